The number of halogens is 1. The molecule has 1 aromatic carbocycles. The van der Waals surface area contributed by atoms with E-state index in [-0.39, 0.29) is 35.4 Å². The van der Waals surface area contributed by atoms with Crippen molar-refractivity contribution in [3.8, 4) is 0 Å². The Morgan fingerprint density at radius 3 is 2.60 bits per heavy atom. The van der Waals surface area contributed by atoms with Crippen molar-refractivity contribution in [2.75, 3.05) is 6.54 Å². The molecule has 3 rings (SSSR count). The minimum Gasteiger partial charge on any atom is -0.461 e. The highest BCUT2D eigenvalue weighted by Gasteiger charge is 2.62. The zero-order chi connectivity index (χ0) is 18.2. The van der Waals surface area contributed by atoms with E-state index in [1.54, 1.807) is 18.2 Å². The van der Waals surface area contributed by atoms with Gasteiger partial charge in [0.1, 0.15) is 12.6 Å². The summed E-state index contributed by atoms with van der Waals surface area (Å²) >= 11 is 3.33. The van der Waals surface area contributed by atoms with Crippen LogP contribution in [0.1, 0.15) is 50.4 Å². The molecule has 1 amide bonds. The van der Waals surface area contributed by atoms with E-state index in [9.17, 15) is 9.59 Å². The van der Waals surface area contributed by atoms with E-state index in [2.05, 4.69) is 47.6 Å². The van der Waals surface area contributed by atoms with Gasteiger partial charge in [-0.3, -0.25) is 15.0 Å². The zero-order valence-corrected chi connectivity index (χ0v) is 16.5. The van der Waals surface area contributed by atoms with E-state index in [0.717, 1.165) is 12.8 Å². The van der Waals surface area contributed by atoms with Gasteiger partial charge in [0.25, 0.3) is 5.91 Å². The van der Waals surface area contributed by atoms with E-state index in [0.29, 0.717) is 16.0 Å². The van der Waals surface area contributed by atoms with E-state index in [1.807, 2.05) is 6.07 Å². The summed E-state index contributed by atoms with van der Waals surface area (Å²) in [4.78, 5) is 24.2. The maximum atomic E-state index is 12.2. The van der Waals surface area contributed by atoms with Gasteiger partial charge in [0.05, 0.1) is 5.56 Å². The summed E-state index contributed by atoms with van der Waals surface area (Å²) < 4.78 is 6.44. The quantitative estimate of drug-likeness (QED) is 0.578. The smallest absolute Gasteiger partial charge is 0.322 e. The molecule has 0 spiro atoms. The van der Waals surface area contributed by atoms with Crippen molar-refractivity contribution < 1.29 is 14.3 Å². The highest BCUT2D eigenvalue weighted by atomic mass is 79.9. The molecule has 0 aromatic heterocycles. The molecular weight excluding hydrogens is 384 g/mol. The Kier molecular flexibility index (Phi) is 4.95. The van der Waals surface area contributed by atoms with Gasteiger partial charge < -0.3 is 4.74 Å². The van der Waals surface area contributed by atoms with E-state index in [1.165, 1.54) is 6.42 Å². The van der Waals surface area contributed by atoms with Gasteiger partial charge in [0, 0.05) is 9.89 Å². The lowest BCUT2D eigenvalue weighted by atomic mass is 9.70. The predicted octanol–water partition coefficient (Wildman–Crippen LogP) is 3.44. The van der Waals surface area contributed by atoms with Crippen LogP contribution < -0.4 is 10.9 Å². The Morgan fingerprint density at radius 2 is 2.00 bits per heavy atom. The first-order valence-corrected chi connectivity index (χ1v) is 9.52. The van der Waals surface area contributed by atoms with Gasteiger partial charge in [-0.2, -0.15) is 0 Å². The summed E-state index contributed by atoms with van der Waals surface area (Å²) in [7, 11) is 0. The lowest BCUT2D eigenvalue weighted by Crippen LogP contribution is -2.44. The van der Waals surface area contributed by atoms with Crippen molar-refractivity contribution in [2.24, 2.45) is 16.7 Å². The number of hydrogen-bond acceptors (Lipinski definition) is 4. The van der Waals surface area contributed by atoms with Crippen molar-refractivity contribution in [3.05, 3.63) is 34.3 Å². The van der Waals surface area contributed by atoms with Gasteiger partial charge in [-0.15, -0.1) is 0 Å². The summed E-state index contributed by atoms with van der Waals surface area (Å²) in [6, 6.07) is 7.12. The van der Waals surface area contributed by atoms with Crippen LogP contribution >= 0.6 is 15.9 Å². The molecule has 6 heteroatoms. The van der Waals surface area contributed by atoms with E-state index < -0.39 is 0 Å². The van der Waals surface area contributed by atoms with Gasteiger partial charge in [-0.25, -0.2) is 5.43 Å². The second-order valence-electron chi connectivity index (χ2n) is 7.88. The third-order valence-electron chi connectivity index (χ3n) is 6.54. The molecule has 2 saturated carbocycles. The third kappa shape index (κ3) is 3.22. The molecule has 2 bridgehead atoms. The number of esters is 1. The minimum absolute atomic E-state index is 0.0329. The maximum Gasteiger partial charge on any atom is 0.322 e. The molecule has 136 valence electrons. The summed E-state index contributed by atoms with van der Waals surface area (Å²) in [5.41, 5.74) is 5.96. The van der Waals surface area contributed by atoms with Crippen LogP contribution in [0, 0.1) is 16.7 Å². The summed E-state index contributed by atoms with van der Waals surface area (Å²) in [5, 5.41) is 0. The van der Waals surface area contributed by atoms with Crippen molar-refractivity contribution in [3.63, 3.8) is 0 Å². The monoisotopic (exact) mass is 408 g/mol. The number of carbonyl (C=O) groups excluding carboxylic acids is 2. The van der Waals surface area contributed by atoms with Crippen LogP contribution in [-0.4, -0.2) is 24.5 Å². The van der Waals surface area contributed by atoms with Crippen molar-refractivity contribution >= 4 is 27.8 Å². The van der Waals surface area contributed by atoms with Gasteiger partial charge in [0.15, 0.2) is 0 Å². The Hall–Kier alpha value is -1.40. The number of nitrogens with one attached hydrogen (secondary N) is 2. The highest BCUT2D eigenvalue weighted by molar-refractivity contribution is 9.10. The molecule has 5 nitrogen and oxygen atoms in total. The minimum atomic E-state index is -0.331. The average Bonchev–Trinajstić information content (AvgIpc) is 2.88. The summed E-state index contributed by atoms with van der Waals surface area (Å²) in [6.45, 7) is 6.76. The topological polar surface area (TPSA) is 67.4 Å². The molecule has 0 radical (unpaired) electrons. The first-order valence-electron chi connectivity index (χ1n) is 8.73. The second kappa shape index (κ2) is 6.72. The summed E-state index contributed by atoms with van der Waals surface area (Å²) in [5.74, 6) is -0.00584. The Bertz CT molecular complexity index is 691. The summed E-state index contributed by atoms with van der Waals surface area (Å²) in [6.07, 6.45) is 3.24. The highest BCUT2D eigenvalue weighted by Crippen LogP contribution is 2.66. The Morgan fingerprint density at radius 1 is 1.28 bits per heavy atom. The Labute approximate surface area is 157 Å². The number of amides is 1. The molecule has 2 aliphatic carbocycles. The molecule has 2 N–H and O–H groups in total. The number of ether oxygens (including phenoxy) is 1. The molecule has 0 aliphatic heterocycles. The van der Waals surface area contributed by atoms with Crippen LogP contribution in [0.25, 0.3) is 0 Å². The average molecular weight is 409 g/mol. The molecule has 0 saturated heterocycles. The number of fused-ring (bicyclic) bond motifs is 2. The first kappa shape index (κ1) is 18.4. The predicted molar refractivity (Wildman–Crippen MR) is 98.7 cm³/mol. The van der Waals surface area contributed by atoms with Gasteiger partial charge in [-0.1, -0.05) is 32.9 Å². The number of carbonyl (C=O) groups is 2. The van der Waals surface area contributed by atoms with Crippen molar-refractivity contribution in [2.45, 2.75) is 46.1 Å². The lowest BCUT2D eigenvalue weighted by molar-refractivity contribution is -0.155. The fraction of sp³-hybridized carbons (Fsp3) is 0.579. The molecule has 0 heterocycles. The van der Waals surface area contributed by atoms with E-state index in [4.69, 9.17) is 4.74 Å². The Balaban J connectivity index is 1.48. The number of hydrazine groups is 1. The normalized spacial score (nSPS) is 29.4. The maximum absolute atomic E-state index is 12.2. The zero-order valence-electron chi connectivity index (χ0n) is 14.9. The van der Waals surface area contributed by atoms with Crippen molar-refractivity contribution in [1.82, 2.24) is 10.9 Å². The SMILES string of the molecule is CC1(C)[C@@H]2CC[C@@]1(C)[C@H](OC(=O)CNNC(=O)c1ccccc1Br)C2. The van der Waals surface area contributed by atoms with Crippen LogP contribution in [0.15, 0.2) is 28.7 Å². The first-order chi connectivity index (χ1) is 11.8. The molecule has 1 aromatic rings. The number of benzene rings is 1. The van der Waals surface area contributed by atoms with Crippen molar-refractivity contribution in [1.29, 1.82) is 0 Å². The van der Waals surface area contributed by atoms with Crippen LogP contribution in [0.5, 0.6) is 0 Å². The molecule has 2 fully saturated rings. The fourth-order valence-electron chi connectivity index (χ4n) is 4.42. The fourth-order valence-corrected chi connectivity index (χ4v) is 4.88. The number of rotatable bonds is 5. The molecular formula is C19H25BrN2O3. The molecule has 25 heavy (non-hydrogen) atoms. The molecule has 3 atom stereocenters. The molecule has 0 unspecified atom stereocenters. The largest absolute Gasteiger partial charge is 0.461 e. The molecule has 2 aliphatic rings. The van der Waals surface area contributed by atoms with Crippen LogP contribution in [-0.2, 0) is 9.53 Å². The van der Waals surface area contributed by atoms with Crippen LogP contribution in [0.4, 0.5) is 0 Å². The van der Waals surface area contributed by atoms with Gasteiger partial charge in [-0.05, 0) is 58.7 Å². The van der Waals surface area contributed by atoms with Gasteiger partial charge >= 0.3 is 5.97 Å². The lowest BCUT2D eigenvalue weighted by Gasteiger charge is -2.38. The standard InChI is InChI=1S/C19H25BrN2O3/c1-18(2)12-8-9-19(18,3)15(10-12)25-16(23)11-21-22-17(24)13-6-4-5-7-14(13)20/h4-7,12,15,21H,8-11H2,1-3H3,(H,22,24)/t12-,15-,19+/m1/s1. The van der Waals surface area contributed by atoms with Crippen LogP contribution in [0.2, 0.25) is 0 Å². The third-order valence-corrected chi connectivity index (χ3v) is 7.23. The van der Waals surface area contributed by atoms with Crippen LogP contribution in [0.3, 0.4) is 0 Å². The van der Waals surface area contributed by atoms with Gasteiger partial charge in [0.2, 0.25) is 0 Å². The second-order valence-corrected chi connectivity index (χ2v) is 8.73. The number of hydrogen-bond donors (Lipinski definition) is 2. The van der Waals surface area contributed by atoms with E-state index >= 15 is 0 Å².